The molecule has 4 heterocycles. The van der Waals surface area contributed by atoms with Gasteiger partial charge in [0.1, 0.15) is 42.8 Å². The minimum Gasteiger partial charge on any atom is -0.479 e. The molecule has 2 aromatic rings. The Kier molecular flexibility index (Phi) is 9.61. The van der Waals surface area contributed by atoms with Crippen LogP contribution in [0.1, 0.15) is 12.0 Å². The van der Waals surface area contributed by atoms with E-state index in [2.05, 4.69) is 9.68 Å². The van der Waals surface area contributed by atoms with Gasteiger partial charge in [-0.25, -0.2) is 18.4 Å². The first-order chi connectivity index (χ1) is 21.4. The number of anilines is 1. The normalized spacial score (nSPS) is 27.6. The van der Waals surface area contributed by atoms with Crippen molar-refractivity contribution < 1.29 is 72.2 Å². The minimum absolute atomic E-state index is 0.00847. The van der Waals surface area contributed by atoms with Gasteiger partial charge in [-0.1, -0.05) is 6.08 Å². The maximum Gasteiger partial charge on any atom is 0.414 e. The number of aromatic nitrogens is 1. The highest BCUT2D eigenvalue weighted by Gasteiger charge is 2.47. The molecule has 18 heteroatoms. The molecular formula is C27H29F2N3O13. The molecular weight excluding hydrogens is 612 g/mol. The number of benzene rings is 1. The zero-order valence-corrected chi connectivity index (χ0v) is 23.3. The number of amides is 2. The molecule has 0 aliphatic carbocycles. The van der Waals surface area contributed by atoms with Gasteiger partial charge in [0.25, 0.3) is 11.8 Å². The summed E-state index contributed by atoms with van der Waals surface area (Å²) in [6.45, 7) is -1.03. The number of hydrogen-bond donors (Lipinski definition) is 5. The van der Waals surface area contributed by atoms with E-state index in [9.17, 15) is 34.8 Å². The molecule has 0 spiro atoms. The lowest BCUT2D eigenvalue weighted by atomic mass is 9.97. The van der Waals surface area contributed by atoms with Crippen molar-refractivity contribution in [3.63, 3.8) is 0 Å². The molecule has 16 nitrogen and oxygen atoms in total. The summed E-state index contributed by atoms with van der Waals surface area (Å²) < 4.78 is 55.6. The van der Waals surface area contributed by atoms with Crippen molar-refractivity contribution in [2.24, 2.45) is 0 Å². The predicted molar refractivity (Wildman–Crippen MR) is 141 cm³/mol. The van der Waals surface area contributed by atoms with E-state index in [0.29, 0.717) is 0 Å². The van der Waals surface area contributed by atoms with E-state index in [1.165, 1.54) is 23.3 Å². The summed E-state index contributed by atoms with van der Waals surface area (Å²) in [4.78, 5) is 38.6. The van der Waals surface area contributed by atoms with E-state index < -0.39 is 79.1 Å². The van der Waals surface area contributed by atoms with E-state index in [0.717, 1.165) is 17.0 Å². The molecule has 244 valence electrons. The van der Waals surface area contributed by atoms with Gasteiger partial charge in [0.15, 0.2) is 24.6 Å². The van der Waals surface area contributed by atoms with Crippen LogP contribution in [0.5, 0.6) is 5.88 Å². The van der Waals surface area contributed by atoms with Crippen LogP contribution in [0.4, 0.5) is 19.3 Å². The van der Waals surface area contributed by atoms with Crippen LogP contribution in [0, 0.1) is 11.6 Å². The Hall–Kier alpha value is -4.20. The standard InChI is InChI=1S/C27H29F2N3O13/c28-15-7-13(32-9-14(44-27(32)40)10-41-18-3-6-43-30-18)8-16(29)19(15)12-1-4-31(5-2-12)24(37)17(33)11-42-26-22(36)20(34)21(35)23(45-26)25(38)39/h1,3,6-8,14,17,20-23,26,33-36H,2,4-5,9-11H2,(H,38,39)/t14-,17+,20?,21?,22?,23?,26?/m1/s1. The second-order valence-corrected chi connectivity index (χ2v) is 10.4. The average molecular weight is 642 g/mol. The molecule has 0 saturated carbocycles. The van der Waals surface area contributed by atoms with Crippen molar-refractivity contribution in [2.45, 2.75) is 49.3 Å². The van der Waals surface area contributed by atoms with Crippen molar-refractivity contribution >= 4 is 29.2 Å². The number of ether oxygens (including phenoxy) is 4. The highest BCUT2D eigenvalue weighted by atomic mass is 19.1. The van der Waals surface area contributed by atoms with Gasteiger partial charge in [-0.15, -0.1) is 0 Å². The van der Waals surface area contributed by atoms with Crippen LogP contribution in [0.2, 0.25) is 0 Å². The molecule has 2 fully saturated rings. The molecule has 45 heavy (non-hydrogen) atoms. The van der Waals surface area contributed by atoms with E-state index in [4.69, 9.17) is 24.1 Å². The summed E-state index contributed by atoms with van der Waals surface area (Å²) in [6.07, 6.45) is -10.1. The van der Waals surface area contributed by atoms with Crippen LogP contribution >= 0.6 is 0 Å². The van der Waals surface area contributed by atoms with Gasteiger partial charge in [0.2, 0.25) is 0 Å². The van der Waals surface area contributed by atoms with Crippen molar-refractivity contribution in [1.82, 2.24) is 10.1 Å². The Morgan fingerprint density at radius 3 is 2.49 bits per heavy atom. The van der Waals surface area contributed by atoms with Gasteiger partial charge in [0, 0.05) is 24.7 Å². The molecule has 0 bridgehead atoms. The molecule has 2 saturated heterocycles. The number of carboxylic acid groups (broad SMARTS) is 1. The maximum absolute atomic E-state index is 15.2. The first-order valence-electron chi connectivity index (χ1n) is 13.6. The Balaban J connectivity index is 1.16. The Bertz CT molecular complexity index is 1420. The number of hydrogen-bond acceptors (Lipinski definition) is 13. The van der Waals surface area contributed by atoms with Gasteiger partial charge in [-0.3, -0.25) is 9.69 Å². The van der Waals surface area contributed by atoms with Gasteiger partial charge in [-0.2, -0.15) is 0 Å². The van der Waals surface area contributed by atoms with E-state index in [1.807, 2.05) is 0 Å². The van der Waals surface area contributed by atoms with Crippen molar-refractivity contribution in [2.75, 3.05) is 37.7 Å². The first-order valence-corrected chi connectivity index (χ1v) is 13.6. The molecule has 2 amide bonds. The summed E-state index contributed by atoms with van der Waals surface area (Å²) in [6, 6.07) is 3.45. The summed E-state index contributed by atoms with van der Waals surface area (Å²) in [5, 5.41) is 52.6. The largest absolute Gasteiger partial charge is 0.479 e. The smallest absolute Gasteiger partial charge is 0.414 e. The van der Waals surface area contributed by atoms with Crippen LogP contribution in [0.15, 0.2) is 35.1 Å². The van der Waals surface area contributed by atoms with Gasteiger partial charge in [0.05, 0.1) is 18.8 Å². The van der Waals surface area contributed by atoms with Crippen molar-refractivity contribution in [3.05, 3.63) is 47.7 Å². The fraction of sp³-hybridized carbons (Fsp3) is 0.481. The SMILES string of the molecule is O=C(O)C1OC(OC[C@H](O)C(=O)N2CC=C(c3c(F)cc(N4C[C@H](COc5ccon5)OC4=O)cc3F)CC2)C(O)C(O)C1O. The summed E-state index contributed by atoms with van der Waals surface area (Å²) >= 11 is 0. The van der Waals surface area contributed by atoms with Crippen LogP contribution < -0.4 is 9.64 Å². The molecule has 1 aromatic heterocycles. The maximum atomic E-state index is 15.2. The first kappa shape index (κ1) is 32.2. The number of carboxylic acids is 1. The third-order valence-corrected chi connectivity index (χ3v) is 7.40. The molecule has 1 aromatic carbocycles. The zero-order valence-electron chi connectivity index (χ0n) is 23.3. The van der Waals surface area contributed by atoms with Gasteiger partial charge >= 0.3 is 12.1 Å². The lowest BCUT2D eigenvalue weighted by Crippen LogP contribution is -2.60. The molecule has 5 unspecified atom stereocenters. The highest BCUT2D eigenvalue weighted by molar-refractivity contribution is 5.90. The van der Waals surface area contributed by atoms with E-state index >= 15 is 8.78 Å². The molecule has 0 radical (unpaired) electrons. The Morgan fingerprint density at radius 1 is 1.13 bits per heavy atom. The number of cyclic esters (lactones) is 1. The molecule has 3 aliphatic heterocycles. The summed E-state index contributed by atoms with van der Waals surface area (Å²) in [5.41, 5.74) is -0.159. The average Bonchev–Trinajstić information content (AvgIpc) is 3.67. The molecule has 7 atom stereocenters. The fourth-order valence-electron chi connectivity index (χ4n) is 5.05. The summed E-state index contributed by atoms with van der Waals surface area (Å²) in [5.74, 6) is -4.18. The van der Waals surface area contributed by atoms with Gasteiger partial charge in [-0.05, 0) is 29.3 Å². The van der Waals surface area contributed by atoms with Crippen LogP contribution in [0.3, 0.4) is 0 Å². The van der Waals surface area contributed by atoms with Crippen LogP contribution in [-0.2, 0) is 23.8 Å². The Labute approximate surface area is 252 Å². The second-order valence-electron chi connectivity index (χ2n) is 10.4. The number of carbonyl (C=O) groups excluding carboxylic acids is 2. The van der Waals surface area contributed by atoms with Crippen LogP contribution in [-0.4, -0.2) is 129 Å². The molecule has 5 rings (SSSR count). The zero-order chi connectivity index (χ0) is 32.4. The van der Waals surface area contributed by atoms with Crippen molar-refractivity contribution in [1.29, 1.82) is 0 Å². The molecule has 3 aliphatic rings. The number of nitrogens with zero attached hydrogens (tertiary/aromatic N) is 3. The number of aliphatic hydroxyl groups excluding tert-OH is 4. The third kappa shape index (κ3) is 6.90. The number of carbonyl (C=O) groups is 3. The van der Waals surface area contributed by atoms with Crippen molar-refractivity contribution in [3.8, 4) is 5.88 Å². The molecule has 5 N–H and O–H groups in total. The highest BCUT2D eigenvalue weighted by Crippen LogP contribution is 2.32. The number of halogens is 2. The number of rotatable bonds is 10. The third-order valence-electron chi connectivity index (χ3n) is 7.40. The number of aliphatic carboxylic acids is 1. The topological polar surface area (TPSA) is 222 Å². The summed E-state index contributed by atoms with van der Waals surface area (Å²) in [7, 11) is 0. The fourth-order valence-corrected chi connectivity index (χ4v) is 5.05. The Morgan fingerprint density at radius 2 is 1.87 bits per heavy atom. The second kappa shape index (κ2) is 13.4. The van der Waals surface area contributed by atoms with E-state index in [1.54, 1.807) is 0 Å². The van der Waals surface area contributed by atoms with E-state index in [-0.39, 0.29) is 55.4 Å². The lowest BCUT2D eigenvalue weighted by Gasteiger charge is -2.38. The van der Waals surface area contributed by atoms with Crippen LogP contribution in [0.25, 0.3) is 5.57 Å². The van der Waals surface area contributed by atoms with Gasteiger partial charge < -0.3 is 53.9 Å². The minimum atomic E-state index is -1.94. The predicted octanol–water partition coefficient (Wildman–Crippen LogP) is -0.758. The monoisotopic (exact) mass is 641 g/mol. The number of aliphatic hydroxyl groups is 4. The quantitative estimate of drug-likeness (QED) is 0.215. The lowest BCUT2D eigenvalue weighted by molar-refractivity contribution is -0.297.